The Morgan fingerprint density at radius 3 is 2.56 bits per heavy atom. The molecule has 0 saturated heterocycles. The second-order valence-electron chi connectivity index (χ2n) is 12.2. The fraction of sp³-hybridized carbons (Fsp3) is 0.382. The zero-order valence-electron chi connectivity index (χ0n) is 22.2. The fourth-order valence-electron chi connectivity index (χ4n) is 7.29. The van der Waals surface area contributed by atoms with Crippen molar-refractivity contribution in [2.75, 3.05) is 0 Å². The first-order valence-corrected chi connectivity index (χ1v) is 13.8. The molecule has 5 aromatic rings. The largest absolute Gasteiger partial charge is 0.455 e. The topological polar surface area (TPSA) is 17.0 Å². The minimum Gasteiger partial charge on any atom is -0.455 e. The van der Waals surface area contributed by atoms with Crippen LogP contribution in [0.5, 0.6) is 0 Å². The molecule has 2 unspecified atom stereocenters. The van der Waals surface area contributed by atoms with Crippen LogP contribution in [0, 0.1) is 5.92 Å². The highest BCUT2D eigenvalue weighted by Crippen LogP contribution is 2.52. The van der Waals surface area contributed by atoms with Gasteiger partial charge in [0.25, 0.3) is 0 Å². The summed E-state index contributed by atoms with van der Waals surface area (Å²) in [6, 6.07) is 21.1. The highest BCUT2D eigenvalue weighted by atomic mass is 16.3. The van der Waals surface area contributed by atoms with E-state index in [1.165, 1.54) is 62.3 Å². The second kappa shape index (κ2) is 7.44. The molecule has 3 heterocycles. The Morgan fingerprint density at radius 2 is 1.72 bits per heavy atom. The van der Waals surface area contributed by atoms with E-state index in [9.17, 15) is 0 Å². The molecule has 2 nitrogen and oxygen atoms in total. The zero-order valence-corrected chi connectivity index (χ0v) is 22.2. The van der Waals surface area contributed by atoms with Gasteiger partial charge in [-0.25, -0.2) is 0 Å². The molecule has 0 saturated carbocycles. The Hall–Kier alpha value is -3.13. The van der Waals surface area contributed by atoms with Crippen molar-refractivity contribution in [2.45, 2.75) is 77.7 Å². The molecule has 2 atom stereocenters. The van der Waals surface area contributed by atoms with E-state index in [2.05, 4.69) is 100.0 Å². The molecule has 9 bridgehead atoms. The Balaban J connectivity index is 1.67. The SMILES string of the molecule is CCC1(C)c2ccc3c4oc5ccc(cc53)CCCC(C)Cc3ccc5c([n+](ccc5c3)C1(C)C)-c24. The van der Waals surface area contributed by atoms with Gasteiger partial charge in [-0.1, -0.05) is 50.6 Å². The quantitative estimate of drug-likeness (QED) is 0.222. The minimum atomic E-state index is -0.0842. The molecule has 0 N–H and O–H groups in total. The number of hydrogen-bond acceptors (Lipinski definition) is 1. The average Bonchev–Trinajstić information content (AvgIpc) is 3.24. The number of fused-ring (bicyclic) bond motifs is 5. The lowest BCUT2D eigenvalue weighted by molar-refractivity contribution is -0.759. The third-order valence-electron chi connectivity index (χ3n) is 9.96. The predicted molar refractivity (Wildman–Crippen MR) is 150 cm³/mol. The van der Waals surface area contributed by atoms with Crippen LogP contribution in [0.2, 0.25) is 0 Å². The van der Waals surface area contributed by atoms with Crippen molar-refractivity contribution in [2.24, 2.45) is 5.92 Å². The second-order valence-corrected chi connectivity index (χ2v) is 12.2. The maximum atomic E-state index is 6.76. The van der Waals surface area contributed by atoms with Crippen LogP contribution >= 0.6 is 0 Å². The van der Waals surface area contributed by atoms with E-state index in [1.54, 1.807) is 0 Å². The van der Waals surface area contributed by atoms with Crippen LogP contribution in [0.1, 0.15) is 70.6 Å². The monoisotopic (exact) mass is 474 g/mol. The summed E-state index contributed by atoms with van der Waals surface area (Å²) in [7, 11) is 0. The van der Waals surface area contributed by atoms with Gasteiger partial charge in [0.2, 0.25) is 5.69 Å². The molecule has 2 aliphatic carbocycles. The Kier molecular flexibility index (Phi) is 4.57. The van der Waals surface area contributed by atoms with E-state index in [4.69, 9.17) is 4.42 Å². The fourth-order valence-corrected chi connectivity index (χ4v) is 7.29. The summed E-state index contributed by atoms with van der Waals surface area (Å²) < 4.78 is 9.31. The number of furan rings is 1. The van der Waals surface area contributed by atoms with Gasteiger partial charge in [-0.05, 0) is 78.8 Å². The van der Waals surface area contributed by atoms with Crippen LogP contribution in [0.4, 0.5) is 0 Å². The first-order valence-electron chi connectivity index (χ1n) is 13.8. The maximum absolute atomic E-state index is 6.76. The highest BCUT2D eigenvalue weighted by Gasteiger charge is 2.55. The molecule has 2 aromatic heterocycles. The summed E-state index contributed by atoms with van der Waals surface area (Å²) in [4.78, 5) is 0. The molecule has 0 amide bonds. The van der Waals surface area contributed by atoms with Crippen LogP contribution in [0.25, 0.3) is 44.0 Å². The minimum absolute atomic E-state index is 0.0256. The number of nitrogens with zero attached hydrogens (tertiary/aromatic N) is 1. The molecular weight excluding hydrogens is 438 g/mol. The van der Waals surface area contributed by atoms with E-state index in [1.807, 2.05) is 0 Å². The lowest BCUT2D eigenvalue weighted by Crippen LogP contribution is -2.66. The summed E-state index contributed by atoms with van der Waals surface area (Å²) in [6.07, 6.45) is 8.13. The summed E-state index contributed by atoms with van der Waals surface area (Å²) in [5.41, 5.74) is 8.79. The summed E-state index contributed by atoms with van der Waals surface area (Å²) in [6.45, 7) is 12.0. The summed E-state index contributed by atoms with van der Waals surface area (Å²) in [5.74, 6) is 0.676. The van der Waals surface area contributed by atoms with Crippen molar-refractivity contribution in [3.8, 4) is 11.3 Å². The lowest BCUT2D eigenvalue weighted by atomic mass is 9.62. The van der Waals surface area contributed by atoms with Gasteiger partial charge in [-0.2, -0.15) is 4.57 Å². The van der Waals surface area contributed by atoms with Crippen molar-refractivity contribution in [3.63, 3.8) is 0 Å². The van der Waals surface area contributed by atoms with Gasteiger partial charge in [0.15, 0.2) is 11.7 Å². The molecule has 3 aromatic carbocycles. The normalized spacial score (nSPS) is 22.9. The molecule has 2 heteroatoms. The van der Waals surface area contributed by atoms with Crippen LogP contribution in [0.3, 0.4) is 0 Å². The first-order chi connectivity index (χ1) is 17.3. The molecular formula is C34H36NO+. The molecule has 1 aliphatic heterocycles. The van der Waals surface area contributed by atoms with Gasteiger partial charge in [-0.15, -0.1) is 0 Å². The molecule has 182 valence electrons. The van der Waals surface area contributed by atoms with Gasteiger partial charge in [-0.3, -0.25) is 0 Å². The number of benzene rings is 3. The predicted octanol–water partition coefficient (Wildman–Crippen LogP) is 8.63. The van der Waals surface area contributed by atoms with Crippen LogP contribution in [-0.2, 0) is 23.8 Å². The summed E-state index contributed by atoms with van der Waals surface area (Å²) >= 11 is 0. The Morgan fingerprint density at radius 1 is 0.917 bits per heavy atom. The van der Waals surface area contributed by atoms with Gasteiger partial charge < -0.3 is 4.42 Å². The van der Waals surface area contributed by atoms with Crippen molar-refractivity contribution in [1.29, 1.82) is 0 Å². The number of pyridine rings is 1. The Labute approximate surface area is 213 Å². The summed E-state index contributed by atoms with van der Waals surface area (Å²) in [5, 5.41) is 5.14. The molecule has 8 rings (SSSR count). The van der Waals surface area contributed by atoms with Crippen molar-refractivity contribution >= 4 is 32.7 Å². The van der Waals surface area contributed by atoms with Gasteiger partial charge in [0.1, 0.15) is 11.2 Å². The molecule has 3 aliphatic rings. The molecule has 36 heavy (non-hydrogen) atoms. The van der Waals surface area contributed by atoms with Crippen molar-refractivity contribution in [3.05, 3.63) is 77.5 Å². The van der Waals surface area contributed by atoms with Gasteiger partial charge in [0, 0.05) is 30.7 Å². The van der Waals surface area contributed by atoms with Crippen molar-refractivity contribution in [1.82, 2.24) is 0 Å². The van der Waals surface area contributed by atoms with Gasteiger partial charge in [0.05, 0.1) is 16.4 Å². The number of aromatic nitrogens is 1. The lowest BCUT2D eigenvalue weighted by Gasteiger charge is -2.44. The molecule has 0 radical (unpaired) electrons. The van der Waals surface area contributed by atoms with E-state index < -0.39 is 0 Å². The standard InChI is InChI=1S/C34H36NO/c1-6-34(5)28-14-13-26-27-20-22-9-7-8-21(2)18-23-10-12-25-24(19-23)16-17-35(33(34,3)4)31(25)30(28)32(26)36-29(27)15-11-22/h10-17,19-21H,6-9,18H2,1-5H3/q+1. The highest BCUT2D eigenvalue weighted by molar-refractivity contribution is 6.12. The first kappa shape index (κ1) is 22.1. The number of hydrogen-bond donors (Lipinski definition) is 0. The van der Waals surface area contributed by atoms with Crippen LogP contribution in [-0.4, -0.2) is 0 Å². The van der Waals surface area contributed by atoms with E-state index in [0.29, 0.717) is 5.92 Å². The third-order valence-corrected chi connectivity index (χ3v) is 9.96. The maximum Gasteiger partial charge on any atom is 0.224 e. The molecule has 0 spiro atoms. The number of aryl methyl sites for hydroxylation is 1. The average molecular weight is 475 g/mol. The Bertz CT molecular complexity index is 1690. The zero-order chi connectivity index (χ0) is 24.8. The smallest absolute Gasteiger partial charge is 0.224 e. The van der Waals surface area contributed by atoms with Crippen LogP contribution < -0.4 is 4.57 Å². The third kappa shape index (κ3) is 2.82. The van der Waals surface area contributed by atoms with Gasteiger partial charge >= 0.3 is 0 Å². The van der Waals surface area contributed by atoms with E-state index in [-0.39, 0.29) is 11.0 Å². The van der Waals surface area contributed by atoms with E-state index >= 15 is 0 Å². The number of rotatable bonds is 1. The molecule has 0 fully saturated rings. The van der Waals surface area contributed by atoms with Crippen molar-refractivity contribution < 1.29 is 8.98 Å². The van der Waals surface area contributed by atoms with Crippen LogP contribution in [0.15, 0.2) is 65.2 Å². The van der Waals surface area contributed by atoms with E-state index in [0.717, 1.165) is 30.4 Å².